The zero-order valence-corrected chi connectivity index (χ0v) is 19.5. The molecule has 1 aromatic heterocycles. The van der Waals surface area contributed by atoms with Crippen molar-refractivity contribution in [1.29, 1.82) is 0 Å². The quantitative estimate of drug-likeness (QED) is 0.438. The Morgan fingerprint density at radius 1 is 0.882 bits per heavy atom. The molecule has 1 unspecified atom stereocenters. The Hall–Kier alpha value is -3.52. The minimum Gasteiger partial charge on any atom is -0.307 e. The Bertz CT molecular complexity index is 1470. The van der Waals surface area contributed by atoms with E-state index in [2.05, 4.69) is 4.98 Å². The number of carbonyl (C=O) groups is 1. The molecule has 0 spiro atoms. The molecule has 0 fully saturated rings. The Labute approximate surface area is 202 Å². The summed E-state index contributed by atoms with van der Waals surface area (Å²) in [5.74, 6) is -0.682. The van der Waals surface area contributed by atoms with Gasteiger partial charge in [0.05, 0.1) is 17.4 Å². The molecule has 6 nitrogen and oxygen atoms in total. The van der Waals surface area contributed by atoms with E-state index >= 15 is 0 Å². The van der Waals surface area contributed by atoms with Crippen LogP contribution in [-0.2, 0) is 21.4 Å². The minimum atomic E-state index is -3.82. The summed E-state index contributed by atoms with van der Waals surface area (Å²) in [6.07, 6.45) is 3.51. The first-order valence-corrected chi connectivity index (χ1v) is 12.5. The highest BCUT2D eigenvalue weighted by Gasteiger charge is 2.38. The number of benzene rings is 3. The maximum Gasteiger partial charge on any atom is 0.239 e. The van der Waals surface area contributed by atoms with E-state index in [4.69, 9.17) is 16.7 Å². The maximum atomic E-state index is 13.6. The largest absolute Gasteiger partial charge is 0.307 e. The molecule has 0 saturated carbocycles. The van der Waals surface area contributed by atoms with Crippen molar-refractivity contribution >= 4 is 33.2 Å². The second kappa shape index (κ2) is 8.68. The van der Waals surface area contributed by atoms with Crippen LogP contribution in [0, 0.1) is 0 Å². The fraction of sp³-hybridized carbons (Fsp3) is 0.0769. The van der Waals surface area contributed by atoms with Crippen LogP contribution in [-0.4, -0.2) is 19.3 Å². The Morgan fingerprint density at radius 3 is 2.18 bits per heavy atom. The predicted molar refractivity (Wildman–Crippen MR) is 132 cm³/mol. The van der Waals surface area contributed by atoms with Gasteiger partial charge in [0.25, 0.3) is 0 Å². The molecular formula is C26H20ClN3O3S. The lowest BCUT2D eigenvalue weighted by molar-refractivity contribution is -0.118. The summed E-state index contributed by atoms with van der Waals surface area (Å²) in [6.45, 7) is 0.399. The highest BCUT2D eigenvalue weighted by Crippen LogP contribution is 2.43. The summed E-state index contributed by atoms with van der Waals surface area (Å²) in [6, 6.07) is 23.5. The molecule has 0 aliphatic carbocycles. The topological polar surface area (TPSA) is 93.4 Å². The van der Waals surface area contributed by atoms with E-state index in [0.29, 0.717) is 17.1 Å². The van der Waals surface area contributed by atoms with Crippen molar-refractivity contribution in [3.63, 3.8) is 0 Å². The van der Waals surface area contributed by atoms with Crippen molar-refractivity contribution in [3.8, 4) is 11.1 Å². The standard InChI is InChI=1S/C26H20ClN3O3S/c27-21-7-10-24-23(15-21)25(20-5-8-22(9-6-20)34(28,32)33)26(31)30(24)16-17-1-3-18(4-2-17)19-11-13-29-14-12-19/h1-15,25H,16H2,(H2,28,32,33). The van der Waals surface area contributed by atoms with Gasteiger partial charge in [0, 0.05) is 23.1 Å². The third-order valence-electron chi connectivity index (χ3n) is 5.95. The van der Waals surface area contributed by atoms with Crippen LogP contribution in [0.4, 0.5) is 5.69 Å². The highest BCUT2D eigenvalue weighted by molar-refractivity contribution is 7.89. The molecule has 34 heavy (non-hydrogen) atoms. The SMILES string of the molecule is NS(=O)(=O)c1ccc(C2C(=O)N(Cc3ccc(-c4ccncc4)cc3)c3ccc(Cl)cc32)cc1. The van der Waals surface area contributed by atoms with Gasteiger partial charge in [0.1, 0.15) is 0 Å². The van der Waals surface area contributed by atoms with Gasteiger partial charge in [0.15, 0.2) is 0 Å². The lowest BCUT2D eigenvalue weighted by atomic mass is 9.93. The second-order valence-electron chi connectivity index (χ2n) is 8.11. The van der Waals surface area contributed by atoms with Gasteiger partial charge in [-0.1, -0.05) is 48.0 Å². The van der Waals surface area contributed by atoms with E-state index in [1.807, 2.05) is 42.5 Å². The van der Waals surface area contributed by atoms with Crippen molar-refractivity contribution in [3.05, 3.63) is 113 Å². The molecule has 4 aromatic rings. The molecule has 1 aliphatic rings. The van der Waals surface area contributed by atoms with E-state index in [0.717, 1.165) is 27.9 Å². The van der Waals surface area contributed by atoms with Crippen molar-refractivity contribution in [2.45, 2.75) is 17.4 Å². The molecule has 1 amide bonds. The van der Waals surface area contributed by atoms with Gasteiger partial charge in [-0.25, -0.2) is 13.6 Å². The van der Waals surface area contributed by atoms with Crippen LogP contribution in [0.3, 0.4) is 0 Å². The third-order valence-corrected chi connectivity index (χ3v) is 7.12. The number of aromatic nitrogens is 1. The number of primary sulfonamides is 1. The lowest BCUT2D eigenvalue weighted by Crippen LogP contribution is -2.28. The summed E-state index contributed by atoms with van der Waals surface area (Å²) in [5, 5.41) is 5.75. The Balaban J connectivity index is 1.47. The van der Waals surface area contributed by atoms with Crippen LogP contribution >= 0.6 is 11.6 Å². The average Bonchev–Trinajstić information content (AvgIpc) is 3.10. The van der Waals surface area contributed by atoms with Crippen LogP contribution in [0.2, 0.25) is 5.02 Å². The third kappa shape index (κ3) is 4.21. The average molecular weight is 490 g/mol. The van der Waals surface area contributed by atoms with Gasteiger partial charge in [0.2, 0.25) is 15.9 Å². The maximum absolute atomic E-state index is 13.6. The minimum absolute atomic E-state index is 0.000781. The number of pyridine rings is 1. The van der Waals surface area contributed by atoms with Crippen LogP contribution in [0.5, 0.6) is 0 Å². The number of carbonyl (C=O) groups excluding carboxylic acids is 1. The monoisotopic (exact) mass is 489 g/mol. The number of fused-ring (bicyclic) bond motifs is 1. The number of halogens is 1. The zero-order valence-electron chi connectivity index (χ0n) is 17.9. The fourth-order valence-corrected chi connectivity index (χ4v) is 4.97. The smallest absolute Gasteiger partial charge is 0.239 e. The molecule has 8 heteroatoms. The van der Waals surface area contributed by atoms with Crippen molar-refractivity contribution in [2.75, 3.05) is 4.90 Å². The predicted octanol–water partition coefficient (Wildman–Crippen LogP) is 4.73. The summed E-state index contributed by atoms with van der Waals surface area (Å²) < 4.78 is 23.2. The second-order valence-corrected chi connectivity index (χ2v) is 10.1. The first-order chi connectivity index (χ1) is 16.3. The molecule has 0 saturated heterocycles. The van der Waals surface area contributed by atoms with Gasteiger partial charge in [-0.2, -0.15) is 0 Å². The molecule has 1 atom stereocenters. The first-order valence-electron chi connectivity index (χ1n) is 10.5. The van der Waals surface area contributed by atoms with Gasteiger partial charge in [-0.15, -0.1) is 0 Å². The van der Waals surface area contributed by atoms with Crippen molar-refractivity contribution in [1.82, 2.24) is 4.98 Å². The number of anilines is 1. The molecule has 3 aromatic carbocycles. The lowest BCUT2D eigenvalue weighted by Gasteiger charge is -2.19. The van der Waals surface area contributed by atoms with Gasteiger partial charge in [-0.05, 0) is 70.3 Å². The Morgan fingerprint density at radius 2 is 1.53 bits per heavy atom. The molecule has 0 radical (unpaired) electrons. The van der Waals surface area contributed by atoms with E-state index < -0.39 is 15.9 Å². The molecule has 0 bridgehead atoms. The van der Waals surface area contributed by atoms with Crippen LogP contribution < -0.4 is 10.0 Å². The molecule has 5 rings (SSSR count). The van der Waals surface area contributed by atoms with Crippen LogP contribution in [0.1, 0.15) is 22.6 Å². The first kappa shape index (κ1) is 22.3. The van der Waals surface area contributed by atoms with Gasteiger partial charge >= 0.3 is 0 Å². The normalized spacial score (nSPS) is 15.4. The number of rotatable bonds is 5. The summed E-state index contributed by atoms with van der Waals surface area (Å²) in [7, 11) is -3.82. The van der Waals surface area contributed by atoms with Crippen LogP contribution in [0.25, 0.3) is 11.1 Å². The summed E-state index contributed by atoms with van der Waals surface area (Å²) >= 11 is 6.26. The van der Waals surface area contributed by atoms with Crippen molar-refractivity contribution in [2.24, 2.45) is 5.14 Å². The summed E-state index contributed by atoms with van der Waals surface area (Å²) in [4.78, 5) is 19.4. The van der Waals surface area contributed by atoms with Gasteiger partial charge in [-0.3, -0.25) is 9.78 Å². The van der Waals surface area contributed by atoms with Gasteiger partial charge < -0.3 is 4.90 Å². The number of nitrogens with zero attached hydrogens (tertiary/aromatic N) is 2. The molecule has 170 valence electrons. The van der Waals surface area contributed by atoms with E-state index in [9.17, 15) is 13.2 Å². The van der Waals surface area contributed by atoms with Crippen LogP contribution in [0.15, 0.2) is 96.2 Å². The summed E-state index contributed by atoms with van der Waals surface area (Å²) in [5.41, 5.74) is 5.37. The number of hydrogen-bond acceptors (Lipinski definition) is 4. The fourth-order valence-electron chi connectivity index (χ4n) is 4.27. The molecule has 1 aliphatic heterocycles. The highest BCUT2D eigenvalue weighted by atomic mass is 35.5. The molecule has 2 heterocycles. The molecule has 2 N–H and O–H groups in total. The van der Waals surface area contributed by atoms with E-state index in [1.54, 1.807) is 41.6 Å². The zero-order chi connectivity index (χ0) is 23.9. The number of amides is 1. The van der Waals surface area contributed by atoms with E-state index in [-0.39, 0.29) is 10.8 Å². The number of sulfonamides is 1. The van der Waals surface area contributed by atoms with Crippen molar-refractivity contribution < 1.29 is 13.2 Å². The number of hydrogen-bond donors (Lipinski definition) is 1. The molecular weight excluding hydrogens is 470 g/mol. The van der Waals surface area contributed by atoms with E-state index in [1.165, 1.54) is 12.1 Å². The number of nitrogens with two attached hydrogens (primary N) is 1. The Kier molecular flexibility index (Phi) is 5.69.